The molecule has 1 aliphatic heterocycles. The van der Waals surface area contributed by atoms with Gasteiger partial charge in [0.25, 0.3) is 0 Å². The highest BCUT2D eigenvalue weighted by atomic mass is 16.5. The molecule has 0 radical (unpaired) electrons. The van der Waals surface area contributed by atoms with Crippen LogP contribution in [0.1, 0.15) is 11.1 Å². The topological polar surface area (TPSA) is 56.6 Å². The van der Waals surface area contributed by atoms with Crippen molar-refractivity contribution < 1.29 is 14.3 Å². The van der Waals surface area contributed by atoms with Gasteiger partial charge in [-0.3, -0.25) is 9.48 Å². The monoisotopic (exact) mass is 329 g/mol. The SMILES string of the molecule is COCCN(Cc1cnn(C)c1)C(=O)C1COc2ccccc2C1. The van der Waals surface area contributed by atoms with E-state index in [0.29, 0.717) is 32.7 Å². The van der Waals surface area contributed by atoms with Crippen molar-refractivity contribution in [3.05, 3.63) is 47.8 Å². The molecule has 0 fully saturated rings. The number of carbonyl (C=O) groups excluding carboxylic acids is 1. The van der Waals surface area contributed by atoms with Crippen molar-refractivity contribution >= 4 is 5.91 Å². The van der Waals surface area contributed by atoms with Crippen molar-refractivity contribution in [3.63, 3.8) is 0 Å². The second kappa shape index (κ2) is 7.49. The lowest BCUT2D eigenvalue weighted by Gasteiger charge is -2.30. The van der Waals surface area contributed by atoms with Crippen LogP contribution in [0, 0.1) is 5.92 Å². The maximum Gasteiger partial charge on any atom is 0.229 e. The lowest BCUT2D eigenvalue weighted by atomic mass is 9.95. The number of hydrogen-bond acceptors (Lipinski definition) is 4. The van der Waals surface area contributed by atoms with E-state index in [4.69, 9.17) is 9.47 Å². The smallest absolute Gasteiger partial charge is 0.229 e. The largest absolute Gasteiger partial charge is 0.492 e. The molecule has 2 aromatic rings. The third-order valence-electron chi connectivity index (χ3n) is 4.24. The minimum atomic E-state index is -0.159. The number of para-hydroxylation sites is 1. The molecule has 6 heteroatoms. The van der Waals surface area contributed by atoms with Gasteiger partial charge in [-0.25, -0.2) is 0 Å². The number of aromatic nitrogens is 2. The Morgan fingerprint density at radius 3 is 3.04 bits per heavy atom. The Bertz CT molecular complexity index is 698. The van der Waals surface area contributed by atoms with Gasteiger partial charge in [0.1, 0.15) is 12.4 Å². The Hall–Kier alpha value is -2.34. The fraction of sp³-hybridized carbons (Fsp3) is 0.444. The van der Waals surface area contributed by atoms with Crippen molar-refractivity contribution in [1.82, 2.24) is 14.7 Å². The van der Waals surface area contributed by atoms with E-state index >= 15 is 0 Å². The zero-order chi connectivity index (χ0) is 16.9. The van der Waals surface area contributed by atoms with Gasteiger partial charge in [0.2, 0.25) is 5.91 Å². The number of aryl methyl sites for hydroxylation is 1. The third kappa shape index (κ3) is 3.76. The first kappa shape index (κ1) is 16.5. The quantitative estimate of drug-likeness (QED) is 0.808. The van der Waals surface area contributed by atoms with Crippen molar-refractivity contribution in [2.45, 2.75) is 13.0 Å². The molecule has 1 aliphatic rings. The van der Waals surface area contributed by atoms with Gasteiger partial charge in [-0.2, -0.15) is 5.10 Å². The molecule has 1 aromatic heterocycles. The Morgan fingerprint density at radius 1 is 1.46 bits per heavy atom. The van der Waals surface area contributed by atoms with Gasteiger partial charge in [-0.05, 0) is 18.1 Å². The Morgan fingerprint density at radius 2 is 2.29 bits per heavy atom. The molecule has 3 rings (SSSR count). The van der Waals surface area contributed by atoms with Gasteiger partial charge in [-0.1, -0.05) is 18.2 Å². The van der Waals surface area contributed by atoms with E-state index in [1.165, 1.54) is 0 Å². The molecule has 1 unspecified atom stereocenters. The predicted molar refractivity (Wildman–Crippen MR) is 89.6 cm³/mol. The number of rotatable bonds is 6. The van der Waals surface area contributed by atoms with E-state index in [1.807, 2.05) is 42.4 Å². The van der Waals surface area contributed by atoms with E-state index in [0.717, 1.165) is 16.9 Å². The molecule has 0 N–H and O–H groups in total. The maximum absolute atomic E-state index is 13.0. The summed E-state index contributed by atoms with van der Waals surface area (Å²) in [4.78, 5) is 14.8. The van der Waals surface area contributed by atoms with Crippen LogP contribution in [0.2, 0.25) is 0 Å². The van der Waals surface area contributed by atoms with Crippen LogP contribution in [0.4, 0.5) is 0 Å². The first-order chi connectivity index (χ1) is 11.7. The Kier molecular flexibility index (Phi) is 5.15. The molecule has 0 saturated heterocycles. The fourth-order valence-corrected chi connectivity index (χ4v) is 2.99. The molecule has 0 spiro atoms. The number of fused-ring (bicyclic) bond motifs is 1. The zero-order valence-corrected chi connectivity index (χ0v) is 14.1. The summed E-state index contributed by atoms with van der Waals surface area (Å²) in [6.45, 7) is 2.03. The number of benzene rings is 1. The summed E-state index contributed by atoms with van der Waals surface area (Å²) in [5, 5.41) is 4.17. The molecule has 1 aromatic carbocycles. The minimum absolute atomic E-state index is 0.102. The maximum atomic E-state index is 13.0. The summed E-state index contributed by atoms with van der Waals surface area (Å²) in [7, 11) is 3.52. The number of nitrogens with zero attached hydrogens (tertiary/aromatic N) is 3. The van der Waals surface area contributed by atoms with E-state index in [-0.39, 0.29) is 11.8 Å². The molecule has 2 heterocycles. The molecule has 0 bridgehead atoms. The molecule has 0 saturated carbocycles. The molecule has 24 heavy (non-hydrogen) atoms. The Balaban J connectivity index is 1.71. The van der Waals surface area contributed by atoms with Crippen LogP contribution in [0.5, 0.6) is 5.75 Å². The average Bonchev–Trinajstić information content (AvgIpc) is 3.02. The van der Waals surface area contributed by atoms with Gasteiger partial charge in [0.15, 0.2) is 0 Å². The predicted octanol–water partition coefficient (Wildman–Crippen LogP) is 1.65. The van der Waals surface area contributed by atoms with Crippen LogP contribution in [0.3, 0.4) is 0 Å². The standard InChI is InChI=1S/C18H23N3O3/c1-20-11-14(10-19-20)12-21(7-8-23-2)18(22)16-9-15-5-3-4-6-17(15)24-13-16/h3-6,10-11,16H,7-9,12-13H2,1-2H3. The summed E-state index contributed by atoms with van der Waals surface area (Å²) in [5.41, 5.74) is 2.11. The van der Waals surface area contributed by atoms with Crippen LogP contribution in [-0.2, 0) is 29.5 Å². The van der Waals surface area contributed by atoms with Gasteiger partial charge < -0.3 is 14.4 Å². The van der Waals surface area contributed by atoms with Gasteiger partial charge in [-0.15, -0.1) is 0 Å². The van der Waals surface area contributed by atoms with E-state index < -0.39 is 0 Å². The fourth-order valence-electron chi connectivity index (χ4n) is 2.99. The van der Waals surface area contributed by atoms with Gasteiger partial charge in [0.05, 0.1) is 18.7 Å². The highest BCUT2D eigenvalue weighted by Gasteiger charge is 2.29. The molecule has 128 valence electrons. The minimum Gasteiger partial charge on any atom is -0.492 e. The van der Waals surface area contributed by atoms with Crippen LogP contribution in [0.25, 0.3) is 0 Å². The summed E-state index contributed by atoms with van der Waals surface area (Å²) >= 11 is 0. The third-order valence-corrected chi connectivity index (χ3v) is 4.24. The van der Waals surface area contributed by atoms with E-state index in [9.17, 15) is 4.79 Å². The highest BCUT2D eigenvalue weighted by Crippen LogP contribution is 2.28. The van der Waals surface area contributed by atoms with Crippen LogP contribution < -0.4 is 4.74 Å². The van der Waals surface area contributed by atoms with Crippen LogP contribution in [-0.4, -0.2) is 47.5 Å². The summed E-state index contributed by atoms with van der Waals surface area (Å²) in [6.07, 6.45) is 4.44. The normalized spacial score (nSPS) is 16.3. The lowest BCUT2D eigenvalue weighted by molar-refractivity contribution is -0.138. The van der Waals surface area contributed by atoms with Crippen molar-refractivity contribution in [2.24, 2.45) is 13.0 Å². The van der Waals surface area contributed by atoms with Crippen LogP contribution in [0.15, 0.2) is 36.7 Å². The number of hydrogen-bond donors (Lipinski definition) is 0. The molecular weight excluding hydrogens is 306 g/mol. The number of methoxy groups -OCH3 is 1. The van der Waals surface area contributed by atoms with Gasteiger partial charge in [0, 0.05) is 39.0 Å². The first-order valence-electron chi connectivity index (χ1n) is 8.13. The van der Waals surface area contributed by atoms with Crippen molar-refractivity contribution in [1.29, 1.82) is 0 Å². The molecule has 1 atom stereocenters. The van der Waals surface area contributed by atoms with Crippen molar-refractivity contribution in [2.75, 3.05) is 26.9 Å². The summed E-state index contributed by atoms with van der Waals surface area (Å²) in [5.74, 6) is 0.830. The molecule has 1 amide bonds. The molecule has 6 nitrogen and oxygen atoms in total. The lowest BCUT2D eigenvalue weighted by Crippen LogP contribution is -2.41. The van der Waals surface area contributed by atoms with E-state index in [1.54, 1.807) is 18.0 Å². The second-order valence-electron chi connectivity index (χ2n) is 6.09. The highest BCUT2D eigenvalue weighted by molar-refractivity contribution is 5.79. The van der Waals surface area contributed by atoms with Gasteiger partial charge >= 0.3 is 0 Å². The van der Waals surface area contributed by atoms with E-state index in [2.05, 4.69) is 5.10 Å². The first-order valence-corrected chi connectivity index (χ1v) is 8.13. The average molecular weight is 329 g/mol. The number of carbonyl (C=O) groups is 1. The zero-order valence-electron chi connectivity index (χ0n) is 14.1. The number of amides is 1. The summed E-state index contributed by atoms with van der Waals surface area (Å²) in [6, 6.07) is 7.91. The molecular formula is C18H23N3O3. The van der Waals surface area contributed by atoms with Crippen LogP contribution >= 0.6 is 0 Å². The number of ether oxygens (including phenoxy) is 2. The molecule has 0 aliphatic carbocycles. The van der Waals surface area contributed by atoms with Crippen molar-refractivity contribution in [3.8, 4) is 5.75 Å². The second-order valence-corrected chi connectivity index (χ2v) is 6.09. The Labute approximate surface area is 142 Å². The summed E-state index contributed by atoms with van der Waals surface area (Å²) < 4.78 is 12.7.